The van der Waals surface area contributed by atoms with Crippen molar-refractivity contribution in [3.63, 3.8) is 0 Å². The molecule has 0 saturated heterocycles. The van der Waals surface area contributed by atoms with E-state index in [0.29, 0.717) is 12.8 Å². The molecule has 0 aliphatic rings. The number of aryl methyl sites for hydroxylation is 1. The van der Waals surface area contributed by atoms with E-state index < -0.39 is 0 Å². The third-order valence-corrected chi connectivity index (χ3v) is 3.86. The van der Waals surface area contributed by atoms with Crippen molar-refractivity contribution in [2.24, 2.45) is 0 Å². The molecule has 1 amide bonds. The molecule has 0 radical (unpaired) electrons. The van der Waals surface area contributed by atoms with E-state index >= 15 is 0 Å². The standard InChI is InChI=1S/C20H19NO2/c1-23-17-12-9-15(10-13-17)11-14-20(22)21-19-8-4-6-16-5-2-3-7-18(16)19/h2-10,12-13H,11,14H2,1H3,(H,21,22). The van der Waals surface area contributed by atoms with Crippen LogP contribution in [0.25, 0.3) is 10.8 Å². The molecule has 0 atom stereocenters. The molecule has 3 aromatic rings. The summed E-state index contributed by atoms with van der Waals surface area (Å²) >= 11 is 0. The molecule has 0 aliphatic heterocycles. The maximum atomic E-state index is 12.2. The SMILES string of the molecule is COc1ccc(CCC(=O)Nc2cccc3ccccc23)cc1. The lowest BCUT2D eigenvalue weighted by Gasteiger charge is -2.09. The zero-order valence-corrected chi connectivity index (χ0v) is 13.1. The van der Waals surface area contributed by atoms with Crippen LogP contribution in [0.1, 0.15) is 12.0 Å². The molecule has 116 valence electrons. The highest BCUT2D eigenvalue weighted by atomic mass is 16.5. The van der Waals surface area contributed by atoms with Crippen molar-refractivity contribution in [1.29, 1.82) is 0 Å². The Morgan fingerprint density at radius 3 is 2.48 bits per heavy atom. The topological polar surface area (TPSA) is 38.3 Å². The quantitative estimate of drug-likeness (QED) is 0.758. The minimum absolute atomic E-state index is 0.0252. The molecular weight excluding hydrogens is 286 g/mol. The molecule has 0 bridgehead atoms. The maximum absolute atomic E-state index is 12.2. The van der Waals surface area contributed by atoms with Crippen LogP contribution in [0.15, 0.2) is 66.7 Å². The lowest BCUT2D eigenvalue weighted by molar-refractivity contribution is -0.116. The average Bonchev–Trinajstić information content (AvgIpc) is 2.61. The predicted molar refractivity (Wildman–Crippen MR) is 93.9 cm³/mol. The van der Waals surface area contributed by atoms with Gasteiger partial charge >= 0.3 is 0 Å². The van der Waals surface area contributed by atoms with Crippen molar-refractivity contribution < 1.29 is 9.53 Å². The molecule has 0 heterocycles. The van der Waals surface area contributed by atoms with Crippen molar-refractivity contribution in [2.75, 3.05) is 12.4 Å². The van der Waals surface area contributed by atoms with Gasteiger partial charge in [-0.05, 0) is 35.6 Å². The van der Waals surface area contributed by atoms with E-state index in [1.54, 1.807) is 7.11 Å². The van der Waals surface area contributed by atoms with Crippen LogP contribution in [0.5, 0.6) is 5.75 Å². The van der Waals surface area contributed by atoms with Gasteiger partial charge in [0.1, 0.15) is 5.75 Å². The molecule has 0 fully saturated rings. The van der Waals surface area contributed by atoms with Crippen molar-refractivity contribution in [3.8, 4) is 5.75 Å². The van der Waals surface area contributed by atoms with E-state index in [4.69, 9.17) is 4.74 Å². The maximum Gasteiger partial charge on any atom is 0.224 e. The normalized spacial score (nSPS) is 10.5. The number of nitrogens with one attached hydrogen (secondary N) is 1. The molecule has 0 aromatic heterocycles. The zero-order valence-electron chi connectivity index (χ0n) is 13.1. The van der Waals surface area contributed by atoms with E-state index in [0.717, 1.165) is 27.8 Å². The Labute approximate surface area is 135 Å². The first kappa shape index (κ1) is 15.1. The largest absolute Gasteiger partial charge is 0.497 e. The number of fused-ring (bicyclic) bond motifs is 1. The van der Waals surface area contributed by atoms with Crippen LogP contribution in [0.4, 0.5) is 5.69 Å². The van der Waals surface area contributed by atoms with Gasteiger partial charge in [-0.3, -0.25) is 4.79 Å². The number of methoxy groups -OCH3 is 1. The number of carbonyl (C=O) groups excluding carboxylic acids is 1. The number of hydrogen-bond acceptors (Lipinski definition) is 2. The minimum Gasteiger partial charge on any atom is -0.497 e. The Hall–Kier alpha value is -2.81. The Morgan fingerprint density at radius 1 is 0.957 bits per heavy atom. The highest BCUT2D eigenvalue weighted by Gasteiger charge is 2.06. The molecule has 3 heteroatoms. The second kappa shape index (κ2) is 6.97. The minimum atomic E-state index is 0.0252. The van der Waals surface area contributed by atoms with Gasteiger partial charge in [-0.2, -0.15) is 0 Å². The lowest BCUT2D eigenvalue weighted by atomic mass is 10.1. The summed E-state index contributed by atoms with van der Waals surface area (Å²) in [7, 11) is 1.65. The molecule has 3 aromatic carbocycles. The number of rotatable bonds is 5. The third-order valence-electron chi connectivity index (χ3n) is 3.86. The van der Waals surface area contributed by atoms with Crippen LogP contribution in [-0.2, 0) is 11.2 Å². The van der Waals surface area contributed by atoms with E-state index in [-0.39, 0.29) is 5.91 Å². The summed E-state index contributed by atoms with van der Waals surface area (Å²) in [4.78, 5) is 12.2. The highest BCUT2D eigenvalue weighted by Crippen LogP contribution is 2.23. The van der Waals surface area contributed by atoms with E-state index in [1.807, 2.05) is 66.7 Å². The number of amides is 1. The van der Waals surface area contributed by atoms with Gasteiger partial charge in [0.2, 0.25) is 5.91 Å². The van der Waals surface area contributed by atoms with Gasteiger partial charge in [0, 0.05) is 17.5 Å². The molecule has 1 N–H and O–H groups in total. The summed E-state index contributed by atoms with van der Waals surface area (Å²) in [6, 6.07) is 21.8. The van der Waals surface area contributed by atoms with Crippen LogP contribution in [0.2, 0.25) is 0 Å². The number of benzene rings is 3. The van der Waals surface area contributed by atoms with Crippen LogP contribution < -0.4 is 10.1 Å². The molecule has 0 spiro atoms. The summed E-state index contributed by atoms with van der Waals surface area (Å²) < 4.78 is 5.14. The Balaban J connectivity index is 1.64. The van der Waals surface area contributed by atoms with E-state index in [9.17, 15) is 4.79 Å². The summed E-state index contributed by atoms with van der Waals surface area (Å²) in [6.45, 7) is 0. The first-order valence-corrected chi connectivity index (χ1v) is 7.67. The van der Waals surface area contributed by atoms with Gasteiger partial charge < -0.3 is 10.1 Å². The van der Waals surface area contributed by atoms with Crippen LogP contribution in [-0.4, -0.2) is 13.0 Å². The molecule has 0 aliphatic carbocycles. The van der Waals surface area contributed by atoms with Gasteiger partial charge in [-0.25, -0.2) is 0 Å². The Kier molecular flexibility index (Phi) is 4.57. The van der Waals surface area contributed by atoms with Crippen molar-refractivity contribution in [3.05, 3.63) is 72.3 Å². The van der Waals surface area contributed by atoms with Crippen LogP contribution in [0.3, 0.4) is 0 Å². The second-order valence-corrected chi connectivity index (χ2v) is 5.42. The summed E-state index contributed by atoms with van der Waals surface area (Å²) in [6.07, 6.45) is 1.16. The van der Waals surface area contributed by atoms with Gasteiger partial charge in [0.15, 0.2) is 0 Å². The lowest BCUT2D eigenvalue weighted by Crippen LogP contribution is -2.12. The smallest absolute Gasteiger partial charge is 0.224 e. The van der Waals surface area contributed by atoms with E-state index in [1.165, 1.54) is 0 Å². The van der Waals surface area contributed by atoms with Crippen LogP contribution in [0, 0.1) is 0 Å². The molecule has 0 saturated carbocycles. The third kappa shape index (κ3) is 3.69. The zero-order chi connectivity index (χ0) is 16.1. The Bertz CT molecular complexity index is 804. The fourth-order valence-corrected chi connectivity index (χ4v) is 2.60. The Morgan fingerprint density at radius 2 is 1.70 bits per heavy atom. The highest BCUT2D eigenvalue weighted by molar-refractivity contribution is 6.02. The second-order valence-electron chi connectivity index (χ2n) is 5.42. The molecule has 3 rings (SSSR count). The number of carbonyl (C=O) groups is 1. The first-order chi connectivity index (χ1) is 11.3. The summed E-state index contributed by atoms with van der Waals surface area (Å²) in [5.74, 6) is 0.853. The fourth-order valence-electron chi connectivity index (χ4n) is 2.60. The van der Waals surface area contributed by atoms with Crippen molar-refractivity contribution in [1.82, 2.24) is 0 Å². The van der Waals surface area contributed by atoms with E-state index in [2.05, 4.69) is 5.32 Å². The van der Waals surface area contributed by atoms with Gasteiger partial charge in [0.05, 0.1) is 7.11 Å². The predicted octanol–water partition coefficient (Wildman–Crippen LogP) is 4.42. The van der Waals surface area contributed by atoms with Gasteiger partial charge in [-0.1, -0.05) is 48.5 Å². The number of anilines is 1. The first-order valence-electron chi connectivity index (χ1n) is 7.67. The van der Waals surface area contributed by atoms with Crippen molar-refractivity contribution in [2.45, 2.75) is 12.8 Å². The summed E-state index contributed by atoms with van der Waals surface area (Å²) in [5.41, 5.74) is 1.99. The molecule has 0 unspecified atom stereocenters. The molecule has 23 heavy (non-hydrogen) atoms. The number of ether oxygens (including phenoxy) is 1. The number of hydrogen-bond donors (Lipinski definition) is 1. The average molecular weight is 305 g/mol. The van der Waals surface area contributed by atoms with Gasteiger partial charge in [0.25, 0.3) is 0 Å². The monoisotopic (exact) mass is 305 g/mol. The fraction of sp³-hybridized carbons (Fsp3) is 0.150. The van der Waals surface area contributed by atoms with Crippen molar-refractivity contribution >= 4 is 22.4 Å². The molecular formula is C20H19NO2. The van der Waals surface area contributed by atoms with Gasteiger partial charge in [-0.15, -0.1) is 0 Å². The summed E-state index contributed by atoms with van der Waals surface area (Å²) in [5, 5.41) is 5.20. The van der Waals surface area contributed by atoms with Crippen LogP contribution >= 0.6 is 0 Å². The molecule has 3 nitrogen and oxygen atoms in total.